The van der Waals surface area contributed by atoms with E-state index >= 15 is 0 Å². The third kappa shape index (κ3) is 1.72. The normalized spacial score (nSPS) is 26.2. The molecular weight excluding hydrogens is 184 g/mol. The summed E-state index contributed by atoms with van der Waals surface area (Å²) in [6.45, 7) is 1.73. The Kier molecular flexibility index (Phi) is 2.17. The van der Waals surface area contributed by atoms with Crippen molar-refractivity contribution in [3.63, 3.8) is 0 Å². The molecule has 1 aromatic rings. The Morgan fingerprint density at radius 3 is 3.00 bits per heavy atom. The minimum Gasteiger partial charge on any atom is -0.379 e. The quantitative estimate of drug-likeness (QED) is 0.674. The molecule has 0 spiro atoms. The summed E-state index contributed by atoms with van der Waals surface area (Å²) in [5.74, 6) is -0.291. The summed E-state index contributed by atoms with van der Waals surface area (Å²) in [4.78, 5) is 0. The lowest BCUT2D eigenvalue weighted by Crippen LogP contribution is -2.27. The fraction of sp³-hybridized carbons (Fsp3) is 0.455. The Hall–Kier alpha value is -1.12. The molecule has 1 aliphatic rings. The van der Waals surface area contributed by atoms with Crippen molar-refractivity contribution in [2.24, 2.45) is 0 Å². The zero-order valence-electron chi connectivity index (χ0n) is 8.11. The highest BCUT2D eigenvalue weighted by atomic mass is 19.1. The molecule has 0 aromatic heterocycles. The zero-order chi connectivity index (χ0) is 10.2. The van der Waals surface area contributed by atoms with Crippen LogP contribution < -0.4 is 5.32 Å². The number of aryl methyl sites for hydroxylation is 1. The Balaban J connectivity index is 2.34. The van der Waals surface area contributed by atoms with Crippen LogP contribution in [-0.4, -0.2) is 12.2 Å². The minimum atomic E-state index is -1.24. The van der Waals surface area contributed by atoms with E-state index in [1.807, 2.05) is 6.07 Å². The second-order valence-electron chi connectivity index (χ2n) is 4.04. The second kappa shape index (κ2) is 3.23. The van der Waals surface area contributed by atoms with E-state index in [9.17, 15) is 8.78 Å². The van der Waals surface area contributed by atoms with Gasteiger partial charge in [-0.3, -0.25) is 0 Å². The topological polar surface area (TPSA) is 12.0 Å². The number of anilines is 1. The molecule has 0 fully saturated rings. The van der Waals surface area contributed by atoms with Crippen molar-refractivity contribution in [3.05, 3.63) is 29.6 Å². The molecule has 1 aromatic carbocycles. The first-order valence-corrected chi connectivity index (χ1v) is 4.79. The number of hydrogen-bond acceptors (Lipinski definition) is 1. The van der Waals surface area contributed by atoms with Gasteiger partial charge in [0.1, 0.15) is 11.5 Å². The minimum absolute atomic E-state index is 0.181. The first kappa shape index (κ1) is 9.44. The van der Waals surface area contributed by atoms with Crippen LogP contribution in [0.2, 0.25) is 0 Å². The zero-order valence-corrected chi connectivity index (χ0v) is 8.11. The molecule has 0 aliphatic carbocycles. The number of halogens is 2. The molecule has 1 atom stereocenters. The highest BCUT2D eigenvalue weighted by Gasteiger charge is 2.27. The Morgan fingerprint density at radius 1 is 1.43 bits per heavy atom. The van der Waals surface area contributed by atoms with E-state index in [1.165, 1.54) is 6.07 Å². The molecule has 76 valence electrons. The third-order valence-corrected chi connectivity index (χ3v) is 2.65. The summed E-state index contributed by atoms with van der Waals surface area (Å²) in [7, 11) is 0. The van der Waals surface area contributed by atoms with Gasteiger partial charge in [-0.1, -0.05) is 12.1 Å². The lowest BCUT2D eigenvalue weighted by Gasteiger charge is -2.17. The van der Waals surface area contributed by atoms with Gasteiger partial charge >= 0.3 is 0 Å². The highest BCUT2D eigenvalue weighted by molar-refractivity contribution is 5.53. The summed E-state index contributed by atoms with van der Waals surface area (Å²) >= 11 is 0. The van der Waals surface area contributed by atoms with Crippen LogP contribution in [-0.2, 0) is 6.42 Å². The monoisotopic (exact) mass is 197 g/mol. The fourth-order valence-corrected chi connectivity index (χ4v) is 1.73. The summed E-state index contributed by atoms with van der Waals surface area (Å²) < 4.78 is 27.0. The average Bonchev–Trinajstić information content (AvgIpc) is 2.27. The van der Waals surface area contributed by atoms with Gasteiger partial charge in [0.2, 0.25) is 0 Å². The predicted octanol–water partition coefficient (Wildman–Crippen LogP) is 2.91. The summed E-state index contributed by atoms with van der Waals surface area (Å²) in [6.07, 6.45) is 1.03. The van der Waals surface area contributed by atoms with Crippen LogP contribution in [0.25, 0.3) is 0 Å². The SMILES string of the molecule is CC1(F)CCc2cccc(F)c2NC1. The van der Waals surface area contributed by atoms with Crippen molar-refractivity contribution in [1.82, 2.24) is 0 Å². The maximum absolute atomic E-state index is 13.6. The third-order valence-electron chi connectivity index (χ3n) is 2.65. The molecule has 1 aliphatic heterocycles. The maximum atomic E-state index is 13.6. The van der Waals surface area contributed by atoms with Crippen molar-refractivity contribution in [1.29, 1.82) is 0 Å². The molecule has 1 unspecified atom stereocenters. The summed E-state index contributed by atoms with van der Waals surface area (Å²) in [6, 6.07) is 4.90. The molecular formula is C11H13F2N. The summed E-state index contributed by atoms with van der Waals surface area (Å²) in [5, 5.41) is 2.83. The Labute approximate surface area is 82.1 Å². The summed E-state index contributed by atoms with van der Waals surface area (Å²) in [5.41, 5.74) is 0.0890. The van der Waals surface area contributed by atoms with Gasteiger partial charge in [-0.2, -0.15) is 0 Å². The molecule has 0 bridgehead atoms. The van der Waals surface area contributed by atoms with Crippen LogP contribution in [0, 0.1) is 5.82 Å². The van der Waals surface area contributed by atoms with Crippen LogP contribution in [0.1, 0.15) is 18.9 Å². The molecule has 0 saturated carbocycles. The highest BCUT2D eigenvalue weighted by Crippen LogP contribution is 2.29. The molecule has 1 heterocycles. The first-order valence-electron chi connectivity index (χ1n) is 4.79. The number of nitrogens with one attached hydrogen (secondary N) is 1. The molecule has 1 N–H and O–H groups in total. The first-order chi connectivity index (χ1) is 6.58. The van der Waals surface area contributed by atoms with Crippen LogP contribution in [0.15, 0.2) is 18.2 Å². The maximum Gasteiger partial charge on any atom is 0.146 e. The average molecular weight is 197 g/mol. The van der Waals surface area contributed by atoms with Gasteiger partial charge in [-0.05, 0) is 31.4 Å². The van der Waals surface area contributed by atoms with E-state index < -0.39 is 5.67 Å². The molecule has 3 heteroatoms. The van der Waals surface area contributed by atoms with Gasteiger partial charge < -0.3 is 5.32 Å². The van der Waals surface area contributed by atoms with Gasteiger partial charge in [0.15, 0.2) is 0 Å². The number of rotatable bonds is 0. The van der Waals surface area contributed by atoms with Crippen molar-refractivity contribution >= 4 is 5.69 Å². The second-order valence-corrected chi connectivity index (χ2v) is 4.04. The van der Waals surface area contributed by atoms with E-state index in [-0.39, 0.29) is 12.4 Å². The smallest absolute Gasteiger partial charge is 0.146 e. The molecule has 14 heavy (non-hydrogen) atoms. The van der Waals surface area contributed by atoms with Gasteiger partial charge in [-0.25, -0.2) is 8.78 Å². The largest absolute Gasteiger partial charge is 0.379 e. The van der Waals surface area contributed by atoms with E-state index in [0.29, 0.717) is 18.5 Å². The van der Waals surface area contributed by atoms with E-state index in [1.54, 1.807) is 13.0 Å². The Bertz CT molecular complexity index is 347. The molecule has 1 nitrogen and oxygen atoms in total. The molecule has 0 radical (unpaired) electrons. The van der Waals surface area contributed by atoms with E-state index in [4.69, 9.17) is 0 Å². The van der Waals surface area contributed by atoms with Crippen LogP contribution in [0.5, 0.6) is 0 Å². The lowest BCUT2D eigenvalue weighted by atomic mass is 10.0. The number of alkyl halides is 1. The number of benzene rings is 1. The molecule has 2 rings (SSSR count). The van der Waals surface area contributed by atoms with Crippen molar-refractivity contribution < 1.29 is 8.78 Å². The number of para-hydroxylation sites is 1. The predicted molar refractivity (Wildman–Crippen MR) is 52.7 cm³/mol. The van der Waals surface area contributed by atoms with Gasteiger partial charge in [-0.15, -0.1) is 0 Å². The van der Waals surface area contributed by atoms with E-state index in [2.05, 4.69) is 5.32 Å². The van der Waals surface area contributed by atoms with E-state index in [0.717, 1.165) is 5.56 Å². The van der Waals surface area contributed by atoms with Crippen LogP contribution in [0.4, 0.5) is 14.5 Å². The Morgan fingerprint density at radius 2 is 2.21 bits per heavy atom. The number of fused-ring (bicyclic) bond motifs is 1. The number of hydrogen-bond donors (Lipinski definition) is 1. The van der Waals surface area contributed by atoms with Crippen molar-refractivity contribution in [2.75, 3.05) is 11.9 Å². The lowest BCUT2D eigenvalue weighted by molar-refractivity contribution is 0.195. The molecule has 0 saturated heterocycles. The fourth-order valence-electron chi connectivity index (χ4n) is 1.73. The van der Waals surface area contributed by atoms with Gasteiger partial charge in [0.25, 0.3) is 0 Å². The van der Waals surface area contributed by atoms with Gasteiger partial charge in [0, 0.05) is 6.54 Å². The van der Waals surface area contributed by atoms with Crippen molar-refractivity contribution in [2.45, 2.75) is 25.4 Å². The molecule has 0 amide bonds. The van der Waals surface area contributed by atoms with Crippen LogP contribution in [0.3, 0.4) is 0 Å². The van der Waals surface area contributed by atoms with Gasteiger partial charge in [0.05, 0.1) is 5.69 Å². The standard InChI is InChI=1S/C11H13F2N/c1-11(13)6-5-8-3-2-4-9(12)10(8)14-7-11/h2-4,14H,5-7H2,1H3. The van der Waals surface area contributed by atoms with Crippen LogP contribution >= 0.6 is 0 Å². The van der Waals surface area contributed by atoms with Crippen molar-refractivity contribution in [3.8, 4) is 0 Å².